The zero-order chi connectivity index (χ0) is 15.3. The predicted octanol–water partition coefficient (Wildman–Crippen LogP) is 3.74. The molecule has 2 aromatic rings. The zero-order valence-electron chi connectivity index (χ0n) is 12.5. The van der Waals surface area contributed by atoms with Crippen LogP contribution in [0.15, 0.2) is 30.3 Å². The van der Waals surface area contributed by atoms with Gasteiger partial charge < -0.3 is 14.2 Å². The summed E-state index contributed by atoms with van der Waals surface area (Å²) in [6, 6.07) is 9.55. The molecule has 4 nitrogen and oxygen atoms in total. The van der Waals surface area contributed by atoms with Crippen molar-refractivity contribution in [3.63, 3.8) is 0 Å². The van der Waals surface area contributed by atoms with Gasteiger partial charge in [0.05, 0.1) is 12.0 Å². The smallest absolute Gasteiger partial charge is 0.231 e. The van der Waals surface area contributed by atoms with E-state index >= 15 is 0 Å². The van der Waals surface area contributed by atoms with Gasteiger partial charge in [0.2, 0.25) is 6.79 Å². The number of ketones is 1. The summed E-state index contributed by atoms with van der Waals surface area (Å²) in [5, 5.41) is 0. The first-order valence-electron chi connectivity index (χ1n) is 7.32. The molecule has 0 saturated heterocycles. The highest BCUT2D eigenvalue weighted by atomic mass is 16.7. The maximum atomic E-state index is 12.4. The van der Waals surface area contributed by atoms with Gasteiger partial charge in [0.1, 0.15) is 11.9 Å². The molecule has 2 aliphatic heterocycles. The number of hydrogen-bond donors (Lipinski definition) is 0. The summed E-state index contributed by atoms with van der Waals surface area (Å²) in [7, 11) is 0. The summed E-state index contributed by atoms with van der Waals surface area (Å²) in [6.45, 7) is 4.27. The van der Waals surface area contributed by atoms with E-state index < -0.39 is 0 Å². The number of fused-ring (bicyclic) bond motifs is 2. The largest absolute Gasteiger partial charge is 0.484 e. The minimum absolute atomic E-state index is 0.118. The fraction of sp³-hybridized carbons (Fsp3) is 0.278. The third-order valence-electron chi connectivity index (χ3n) is 4.30. The Bertz CT molecular complexity index is 779. The van der Waals surface area contributed by atoms with Gasteiger partial charge in [-0.1, -0.05) is 6.07 Å². The Balaban J connectivity index is 1.70. The maximum Gasteiger partial charge on any atom is 0.231 e. The monoisotopic (exact) mass is 296 g/mol. The van der Waals surface area contributed by atoms with E-state index in [1.54, 1.807) is 0 Å². The standard InChI is InChI=1S/C18H16O4/c1-10-5-13-14(19)8-16(22-17(13)6-11(10)2)12-3-4-15-18(7-12)21-9-20-15/h3-7,16H,8-9H2,1-2H3. The van der Waals surface area contributed by atoms with Crippen molar-refractivity contribution >= 4 is 5.78 Å². The summed E-state index contributed by atoms with van der Waals surface area (Å²) >= 11 is 0. The number of rotatable bonds is 1. The zero-order valence-corrected chi connectivity index (χ0v) is 12.5. The van der Waals surface area contributed by atoms with Crippen LogP contribution in [0, 0.1) is 13.8 Å². The van der Waals surface area contributed by atoms with Crippen LogP contribution in [0.3, 0.4) is 0 Å². The Labute approximate surface area is 128 Å². The molecule has 0 N–H and O–H groups in total. The van der Waals surface area contributed by atoms with Gasteiger partial charge in [0.15, 0.2) is 17.3 Å². The number of aryl methyl sites for hydroxylation is 2. The van der Waals surface area contributed by atoms with Crippen molar-refractivity contribution in [3.05, 3.63) is 52.6 Å². The third-order valence-corrected chi connectivity index (χ3v) is 4.30. The van der Waals surface area contributed by atoms with Crippen LogP contribution in [-0.2, 0) is 0 Å². The minimum Gasteiger partial charge on any atom is -0.484 e. The van der Waals surface area contributed by atoms with Gasteiger partial charge in [-0.25, -0.2) is 0 Å². The van der Waals surface area contributed by atoms with Crippen LogP contribution in [0.2, 0.25) is 0 Å². The first-order chi connectivity index (χ1) is 10.6. The van der Waals surface area contributed by atoms with E-state index in [2.05, 4.69) is 0 Å². The molecule has 1 atom stereocenters. The summed E-state index contributed by atoms with van der Waals surface area (Å²) in [5.41, 5.74) is 3.84. The summed E-state index contributed by atoms with van der Waals surface area (Å²) in [6.07, 6.45) is 0.0615. The molecule has 4 heteroatoms. The molecule has 0 amide bonds. The van der Waals surface area contributed by atoms with E-state index in [0.717, 1.165) is 22.4 Å². The maximum absolute atomic E-state index is 12.4. The Morgan fingerprint density at radius 1 is 0.955 bits per heavy atom. The molecule has 2 aromatic carbocycles. The minimum atomic E-state index is -0.281. The topological polar surface area (TPSA) is 44.8 Å². The summed E-state index contributed by atoms with van der Waals surface area (Å²) in [5.74, 6) is 2.23. The van der Waals surface area contributed by atoms with E-state index in [1.165, 1.54) is 0 Å². The SMILES string of the molecule is Cc1cc2c(cc1C)C(=O)CC(c1ccc3c(c1)OCO3)O2. The lowest BCUT2D eigenvalue weighted by Crippen LogP contribution is -2.20. The average molecular weight is 296 g/mol. The van der Waals surface area contributed by atoms with Gasteiger partial charge in [-0.15, -0.1) is 0 Å². The van der Waals surface area contributed by atoms with Crippen LogP contribution >= 0.6 is 0 Å². The Kier molecular flexibility index (Phi) is 2.86. The second kappa shape index (κ2) is 4.77. The molecule has 112 valence electrons. The fourth-order valence-corrected chi connectivity index (χ4v) is 2.88. The number of ether oxygens (including phenoxy) is 3. The molecule has 0 aromatic heterocycles. The lowest BCUT2D eigenvalue weighted by Gasteiger charge is -2.26. The van der Waals surface area contributed by atoms with Crippen LogP contribution in [-0.4, -0.2) is 12.6 Å². The molecule has 0 saturated carbocycles. The molecule has 22 heavy (non-hydrogen) atoms. The van der Waals surface area contributed by atoms with Gasteiger partial charge in [0.25, 0.3) is 0 Å². The van der Waals surface area contributed by atoms with Crippen molar-refractivity contribution in [2.75, 3.05) is 6.79 Å². The molecule has 1 unspecified atom stereocenters. The predicted molar refractivity (Wildman–Crippen MR) is 80.8 cm³/mol. The lowest BCUT2D eigenvalue weighted by molar-refractivity contribution is 0.0849. The second-order valence-corrected chi connectivity index (χ2v) is 5.78. The van der Waals surface area contributed by atoms with Gasteiger partial charge in [0, 0.05) is 0 Å². The highest BCUT2D eigenvalue weighted by Crippen LogP contribution is 2.40. The summed E-state index contributed by atoms with van der Waals surface area (Å²) < 4.78 is 16.8. The molecule has 4 rings (SSSR count). The first kappa shape index (κ1) is 13.2. The molecular weight excluding hydrogens is 280 g/mol. The van der Waals surface area contributed by atoms with E-state index in [4.69, 9.17) is 14.2 Å². The van der Waals surface area contributed by atoms with Crippen LogP contribution in [0.4, 0.5) is 0 Å². The number of benzene rings is 2. The van der Waals surface area contributed by atoms with Crippen LogP contribution in [0.25, 0.3) is 0 Å². The quantitative estimate of drug-likeness (QED) is 0.804. The van der Waals surface area contributed by atoms with E-state index in [0.29, 0.717) is 23.5 Å². The van der Waals surface area contributed by atoms with E-state index in [1.807, 2.05) is 44.2 Å². The molecule has 0 spiro atoms. The van der Waals surface area contributed by atoms with E-state index in [9.17, 15) is 4.79 Å². The van der Waals surface area contributed by atoms with Crippen molar-refractivity contribution in [1.82, 2.24) is 0 Å². The Hall–Kier alpha value is -2.49. The van der Waals surface area contributed by atoms with Crippen molar-refractivity contribution in [1.29, 1.82) is 0 Å². The van der Waals surface area contributed by atoms with Gasteiger partial charge in [-0.2, -0.15) is 0 Å². The molecule has 0 aliphatic carbocycles. The normalized spacial score (nSPS) is 18.8. The van der Waals surface area contributed by atoms with Crippen molar-refractivity contribution in [2.24, 2.45) is 0 Å². The molecule has 0 radical (unpaired) electrons. The van der Waals surface area contributed by atoms with Crippen LogP contribution in [0.1, 0.15) is 39.6 Å². The summed E-state index contributed by atoms with van der Waals surface area (Å²) in [4.78, 5) is 12.4. The Morgan fingerprint density at radius 3 is 2.59 bits per heavy atom. The van der Waals surface area contributed by atoms with Crippen LogP contribution in [0.5, 0.6) is 17.2 Å². The molecule has 0 fully saturated rings. The molecular formula is C18H16O4. The molecule has 2 heterocycles. The van der Waals surface area contributed by atoms with Gasteiger partial charge in [-0.05, 0) is 54.8 Å². The first-order valence-corrected chi connectivity index (χ1v) is 7.32. The lowest BCUT2D eigenvalue weighted by atomic mass is 9.93. The van der Waals surface area contributed by atoms with E-state index in [-0.39, 0.29) is 18.7 Å². The number of carbonyl (C=O) groups excluding carboxylic acids is 1. The van der Waals surface area contributed by atoms with Crippen molar-refractivity contribution in [3.8, 4) is 17.2 Å². The number of Topliss-reactive ketones (excluding diaryl/α,β-unsaturated/α-hetero) is 1. The van der Waals surface area contributed by atoms with Gasteiger partial charge >= 0.3 is 0 Å². The highest BCUT2D eigenvalue weighted by molar-refractivity contribution is 6.00. The number of hydrogen-bond acceptors (Lipinski definition) is 4. The van der Waals surface area contributed by atoms with Crippen molar-refractivity contribution < 1.29 is 19.0 Å². The van der Waals surface area contributed by atoms with Crippen molar-refractivity contribution in [2.45, 2.75) is 26.4 Å². The molecule has 2 aliphatic rings. The van der Waals surface area contributed by atoms with Crippen LogP contribution < -0.4 is 14.2 Å². The third kappa shape index (κ3) is 2.03. The highest BCUT2D eigenvalue weighted by Gasteiger charge is 2.29. The second-order valence-electron chi connectivity index (χ2n) is 5.78. The Morgan fingerprint density at radius 2 is 1.73 bits per heavy atom. The fourth-order valence-electron chi connectivity index (χ4n) is 2.88. The molecule has 0 bridgehead atoms. The van der Waals surface area contributed by atoms with Gasteiger partial charge in [-0.3, -0.25) is 4.79 Å². The average Bonchev–Trinajstić information content (AvgIpc) is 2.96. The number of carbonyl (C=O) groups is 1.